The van der Waals surface area contributed by atoms with Crippen molar-refractivity contribution in [2.75, 3.05) is 7.11 Å². The van der Waals surface area contributed by atoms with Crippen LogP contribution < -0.4 is 4.74 Å². The number of fused-ring (bicyclic) bond motifs is 1. The van der Waals surface area contributed by atoms with Crippen molar-refractivity contribution >= 4 is 34.5 Å². The molecule has 94 valence electrons. The molecule has 0 fully saturated rings. The molecule has 0 aliphatic rings. The number of hydrogen-bond donors (Lipinski definition) is 1. The third-order valence-electron chi connectivity index (χ3n) is 2.70. The zero-order chi connectivity index (χ0) is 13.3. The quantitative estimate of drug-likeness (QED) is 0.868. The number of ether oxygens (including phenoxy) is 1. The number of aromatic nitrogens is 1. The van der Waals surface area contributed by atoms with Gasteiger partial charge in [-0.1, -0.05) is 11.6 Å². The van der Waals surface area contributed by atoms with Gasteiger partial charge >= 0.3 is 5.97 Å². The number of benzene rings is 1. The van der Waals surface area contributed by atoms with E-state index < -0.39 is 5.97 Å². The molecule has 0 spiro atoms. The Labute approximate surface area is 109 Å². The van der Waals surface area contributed by atoms with Crippen molar-refractivity contribution in [2.45, 2.75) is 0 Å². The lowest BCUT2D eigenvalue weighted by molar-refractivity contribution is -0.131. The van der Waals surface area contributed by atoms with Gasteiger partial charge in [0.25, 0.3) is 0 Å². The van der Waals surface area contributed by atoms with Crippen LogP contribution in [0.2, 0.25) is 5.02 Å². The van der Waals surface area contributed by atoms with Gasteiger partial charge in [-0.2, -0.15) is 0 Å². The predicted octanol–water partition coefficient (Wildman–Crippen LogP) is 2.94. The number of nitrogens with zero attached hydrogens (tertiary/aromatic N) is 1. The molecule has 4 nitrogen and oxygen atoms in total. The number of methoxy groups -OCH3 is 1. The van der Waals surface area contributed by atoms with Crippen molar-refractivity contribution in [2.24, 2.45) is 7.05 Å². The molecule has 0 aliphatic heterocycles. The number of rotatable bonds is 3. The summed E-state index contributed by atoms with van der Waals surface area (Å²) in [7, 11) is 3.42. The Kier molecular flexibility index (Phi) is 3.30. The summed E-state index contributed by atoms with van der Waals surface area (Å²) < 4.78 is 7.05. The fraction of sp³-hybridized carbons (Fsp3) is 0.154. The minimum Gasteiger partial charge on any atom is -0.495 e. The molecular weight excluding hydrogens is 254 g/mol. The lowest BCUT2D eigenvalue weighted by Crippen LogP contribution is -1.87. The van der Waals surface area contributed by atoms with Crippen LogP contribution in [0.15, 0.2) is 24.4 Å². The Morgan fingerprint density at radius 1 is 1.50 bits per heavy atom. The molecule has 0 radical (unpaired) electrons. The maximum atomic E-state index is 10.6. The van der Waals surface area contributed by atoms with Gasteiger partial charge < -0.3 is 14.4 Å². The van der Waals surface area contributed by atoms with Crippen LogP contribution in [0.3, 0.4) is 0 Å². The van der Waals surface area contributed by atoms with Crippen LogP contribution >= 0.6 is 11.6 Å². The zero-order valence-electron chi connectivity index (χ0n) is 9.98. The molecule has 5 heteroatoms. The molecule has 1 aromatic carbocycles. The summed E-state index contributed by atoms with van der Waals surface area (Å²) in [5.41, 5.74) is 1.73. The molecule has 0 amide bonds. The standard InChI is InChI=1S/C13H12ClNO3/c1-15-7-8(3-4-13(16)17)9-5-12(18-2)10(14)6-11(9)15/h3-7H,1-2H3,(H,16,17)/b4-3+. The van der Waals surface area contributed by atoms with E-state index in [4.69, 9.17) is 21.4 Å². The minimum absolute atomic E-state index is 0.528. The van der Waals surface area contributed by atoms with E-state index in [1.165, 1.54) is 0 Å². The van der Waals surface area contributed by atoms with Crippen LogP contribution in [-0.4, -0.2) is 22.8 Å². The number of carboxylic acids is 1. The maximum Gasteiger partial charge on any atom is 0.328 e. The highest BCUT2D eigenvalue weighted by Crippen LogP contribution is 2.32. The highest BCUT2D eigenvalue weighted by atomic mass is 35.5. The Balaban J connectivity index is 2.65. The summed E-state index contributed by atoms with van der Waals surface area (Å²) in [5.74, 6) is -0.409. The number of hydrogen-bond acceptors (Lipinski definition) is 2. The van der Waals surface area contributed by atoms with Crippen LogP contribution in [0.5, 0.6) is 5.75 Å². The van der Waals surface area contributed by atoms with Crippen molar-refractivity contribution < 1.29 is 14.6 Å². The van der Waals surface area contributed by atoms with E-state index in [1.807, 2.05) is 17.8 Å². The third-order valence-corrected chi connectivity index (χ3v) is 2.99. The molecule has 0 unspecified atom stereocenters. The molecule has 1 N–H and O–H groups in total. The first kappa shape index (κ1) is 12.5. The number of aliphatic carboxylic acids is 1. The Hall–Kier alpha value is -1.94. The highest BCUT2D eigenvalue weighted by molar-refractivity contribution is 6.32. The number of aryl methyl sites for hydroxylation is 1. The van der Waals surface area contributed by atoms with Crippen LogP contribution in [0, 0.1) is 0 Å². The fourth-order valence-electron chi connectivity index (χ4n) is 1.86. The van der Waals surface area contributed by atoms with E-state index in [2.05, 4.69) is 0 Å². The van der Waals surface area contributed by atoms with E-state index in [-0.39, 0.29) is 0 Å². The lowest BCUT2D eigenvalue weighted by Gasteiger charge is -2.04. The molecule has 0 saturated heterocycles. The summed E-state index contributed by atoms with van der Waals surface area (Å²) >= 11 is 6.06. The molecule has 0 bridgehead atoms. The van der Waals surface area contributed by atoms with Crippen molar-refractivity contribution in [1.82, 2.24) is 4.57 Å². The van der Waals surface area contributed by atoms with Gasteiger partial charge in [0.05, 0.1) is 17.6 Å². The van der Waals surface area contributed by atoms with Gasteiger partial charge in [0.2, 0.25) is 0 Å². The Morgan fingerprint density at radius 2 is 2.22 bits per heavy atom. The molecule has 1 heterocycles. The van der Waals surface area contributed by atoms with Crippen LogP contribution in [0.4, 0.5) is 0 Å². The molecule has 0 atom stereocenters. The second-order valence-corrected chi connectivity index (χ2v) is 4.28. The van der Waals surface area contributed by atoms with Crippen LogP contribution in [-0.2, 0) is 11.8 Å². The normalized spacial score (nSPS) is 11.3. The van der Waals surface area contributed by atoms with E-state index in [9.17, 15) is 4.79 Å². The van der Waals surface area contributed by atoms with Gasteiger partial charge in [0, 0.05) is 30.3 Å². The smallest absolute Gasteiger partial charge is 0.328 e. The monoisotopic (exact) mass is 265 g/mol. The summed E-state index contributed by atoms with van der Waals surface area (Å²) in [6, 6.07) is 3.60. The largest absolute Gasteiger partial charge is 0.495 e. The van der Waals surface area contributed by atoms with Crippen molar-refractivity contribution in [3.05, 3.63) is 35.0 Å². The zero-order valence-corrected chi connectivity index (χ0v) is 10.7. The summed E-state index contributed by atoms with van der Waals surface area (Å²) in [4.78, 5) is 10.6. The average molecular weight is 266 g/mol. The third kappa shape index (κ3) is 2.19. The van der Waals surface area contributed by atoms with Gasteiger partial charge in [-0.05, 0) is 18.2 Å². The van der Waals surface area contributed by atoms with E-state index in [0.29, 0.717) is 10.8 Å². The SMILES string of the molecule is COc1cc2c(/C=C/C(=O)O)cn(C)c2cc1Cl. The average Bonchev–Trinajstić information content (AvgIpc) is 2.62. The number of carbonyl (C=O) groups is 1. The second kappa shape index (κ2) is 4.74. The van der Waals surface area contributed by atoms with E-state index >= 15 is 0 Å². The Bertz CT molecular complexity index is 643. The number of halogens is 1. The fourth-order valence-corrected chi connectivity index (χ4v) is 2.10. The molecule has 2 aromatic rings. The first-order valence-corrected chi connectivity index (χ1v) is 5.64. The van der Waals surface area contributed by atoms with Gasteiger partial charge in [-0.25, -0.2) is 4.79 Å². The van der Waals surface area contributed by atoms with Gasteiger partial charge in [-0.3, -0.25) is 0 Å². The molecule has 18 heavy (non-hydrogen) atoms. The molecule has 0 aliphatic carbocycles. The minimum atomic E-state index is -0.979. The number of carboxylic acid groups (broad SMARTS) is 1. The highest BCUT2D eigenvalue weighted by Gasteiger charge is 2.09. The van der Waals surface area contributed by atoms with Crippen molar-refractivity contribution in [3.8, 4) is 5.75 Å². The molecule has 1 aromatic heterocycles. The van der Waals surface area contributed by atoms with Crippen LogP contribution in [0.25, 0.3) is 17.0 Å². The van der Waals surface area contributed by atoms with Crippen molar-refractivity contribution in [1.29, 1.82) is 0 Å². The second-order valence-electron chi connectivity index (χ2n) is 3.87. The van der Waals surface area contributed by atoms with Crippen molar-refractivity contribution in [3.63, 3.8) is 0 Å². The summed E-state index contributed by atoms with van der Waals surface area (Å²) in [6.07, 6.45) is 4.51. The van der Waals surface area contributed by atoms with Crippen LogP contribution in [0.1, 0.15) is 5.56 Å². The summed E-state index contributed by atoms with van der Waals surface area (Å²) in [5, 5.41) is 10.1. The predicted molar refractivity (Wildman–Crippen MR) is 71.2 cm³/mol. The molecule has 2 rings (SSSR count). The molecular formula is C13H12ClNO3. The van der Waals surface area contributed by atoms with Gasteiger partial charge in [0.1, 0.15) is 5.75 Å². The molecule has 0 saturated carbocycles. The van der Waals surface area contributed by atoms with Gasteiger partial charge in [-0.15, -0.1) is 0 Å². The maximum absolute atomic E-state index is 10.6. The Morgan fingerprint density at radius 3 is 2.83 bits per heavy atom. The topological polar surface area (TPSA) is 51.5 Å². The van der Waals surface area contributed by atoms with E-state index in [1.54, 1.807) is 25.3 Å². The first-order valence-electron chi connectivity index (χ1n) is 5.26. The summed E-state index contributed by atoms with van der Waals surface area (Å²) in [6.45, 7) is 0. The van der Waals surface area contributed by atoms with Gasteiger partial charge in [0.15, 0.2) is 0 Å². The lowest BCUT2D eigenvalue weighted by atomic mass is 10.1. The van der Waals surface area contributed by atoms with E-state index in [0.717, 1.165) is 22.5 Å². The first-order chi connectivity index (χ1) is 8.52.